The summed E-state index contributed by atoms with van der Waals surface area (Å²) in [5.74, 6) is -0.748. The molecule has 4 nitrogen and oxygen atoms in total. The highest BCUT2D eigenvalue weighted by molar-refractivity contribution is 7.12. The summed E-state index contributed by atoms with van der Waals surface area (Å²) in [7, 11) is 0. The molecule has 3 aromatic rings. The second-order valence-electron chi connectivity index (χ2n) is 5.36. The summed E-state index contributed by atoms with van der Waals surface area (Å²) < 4.78 is 10.4. The van der Waals surface area contributed by atoms with Crippen molar-refractivity contribution in [2.24, 2.45) is 0 Å². The van der Waals surface area contributed by atoms with Crippen LogP contribution in [0.15, 0.2) is 53.1 Å². The number of esters is 1. The Morgan fingerprint density at radius 1 is 1.12 bits per heavy atom. The highest BCUT2D eigenvalue weighted by Gasteiger charge is 2.20. The molecule has 0 aliphatic rings. The zero-order chi connectivity index (χ0) is 17.1. The average Bonchev–Trinajstić information content (AvgIpc) is 3.19. The minimum absolute atomic E-state index is 0.104. The first-order chi connectivity index (χ1) is 11.6. The van der Waals surface area contributed by atoms with Gasteiger partial charge in [0.25, 0.3) is 0 Å². The van der Waals surface area contributed by atoms with Crippen molar-refractivity contribution in [3.63, 3.8) is 0 Å². The fourth-order valence-corrected chi connectivity index (χ4v) is 3.44. The molecule has 0 amide bonds. The van der Waals surface area contributed by atoms with E-state index in [0.29, 0.717) is 11.1 Å². The van der Waals surface area contributed by atoms with Gasteiger partial charge in [0.1, 0.15) is 0 Å². The number of rotatable bonds is 5. The Hall–Kier alpha value is -2.66. The van der Waals surface area contributed by atoms with Gasteiger partial charge in [0.2, 0.25) is 11.5 Å². The van der Waals surface area contributed by atoms with Crippen molar-refractivity contribution in [1.82, 2.24) is 0 Å². The highest BCUT2D eigenvalue weighted by Crippen LogP contribution is 2.25. The molecule has 5 heteroatoms. The third kappa shape index (κ3) is 3.31. The monoisotopic (exact) mass is 340 g/mol. The Balaban J connectivity index is 1.72. The average molecular weight is 340 g/mol. The van der Waals surface area contributed by atoms with Gasteiger partial charge in [-0.3, -0.25) is 4.79 Å². The smallest absolute Gasteiger partial charge is 0.375 e. The fourth-order valence-electron chi connectivity index (χ4n) is 2.49. The van der Waals surface area contributed by atoms with Crippen LogP contribution in [0.4, 0.5) is 0 Å². The molecule has 0 fully saturated rings. The minimum Gasteiger partial charge on any atom is -0.457 e. The SMILES string of the molecule is Cc1cc(C(=O)COC(=O)c2occc2-c2ccccc2)c(C)s1. The summed E-state index contributed by atoms with van der Waals surface area (Å²) in [5, 5.41) is 0. The van der Waals surface area contributed by atoms with Crippen molar-refractivity contribution in [3.05, 3.63) is 69.8 Å². The minimum atomic E-state index is -0.642. The van der Waals surface area contributed by atoms with E-state index < -0.39 is 5.97 Å². The van der Waals surface area contributed by atoms with E-state index in [0.717, 1.165) is 15.3 Å². The normalized spacial score (nSPS) is 10.6. The van der Waals surface area contributed by atoms with Crippen LogP contribution in [-0.2, 0) is 4.74 Å². The standard InChI is InChI=1S/C19H16O4S/c1-12-10-16(13(2)24-12)17(20)11-23-19(21)18-15(8-9-22-18)14-6-4-3-5-7-14/h3-10H,11H2,1-2H3. The van der Waals surface area contributed by atoms with Gasteiger partial charge in [0, 0.05) is 20.9 Å². The van der Waals surface area contributed by atoms with Gasteiger partial charge in [-0.05, 0) is 31.5 Å². The van der Waals surface area contributed by atoms with Gasteiger partial charge in [-0.1, -0.05) is 30.3 Å². The van der Waals surface area contributed by atoms with Crippen molar-refractivity contribution >= 4 is 23.1 Å². The fraction of sp³-hybridized carbons (Fsp3) is 0.158. The Kier molecular flexibility index (Phi) is 4.62. The zero-order valence-electron chi connectivity index (χ0n) is 13.4. The lowest BCUT2D eigenvalue weighted by Crippen LogP contribution is -2.14. The highest BCUT2D eigenvalue weighted by atomic mass is 32.1. The lowest BCUT2D eigenvalue weighted by atomic mass is 10.1. The summed E-state index contributed by atoms with van der Waals surface area (Å²) in [4.78, 5) is 26.4. The first-order valence-corrected chi connectivity index (χ1v) is 8.28. The number of ether oxygens (including phenoxy) is 1. The topological polar surface area (TPSA) is 56.5 Å². The third-order valence-corrected chi connectivity index (χ3v) is 4.58. The van der Waals surface area contributed by atoms with Crippen LogP contribution in [0.25, 0.3) is 11.1 Å². The number of ketones is 1. The zero-order valence-corrected chi connectivity index (χ0v) is 14.2. The molecule has 3 rings (SSSR count). The molecule has 0 unspecified atom stereocenters. The van der Waals surface area contributed by atoms with E-state index in [1.54, 1.807) is 17.4 Å². The van der Waals surface area contributed by atoms with Crippen molar-refractivity contribution in [3.8, 4) is 11.1 Å². The summed E-state index contributed by atoms with van der Waals surface area (Å²) in [6.45, 7) is 3.52. The predicted molar refractivity (Wildman–Crippen MR) is 92.6 cm³/mol. The van der Waals surface area contributed by atoms with E-state index in [4.69, 9.17) is 9.15 Å². The van der Waals surface area contributed by atoms with Crippen LogP contribution in [0.2, 0.25) is 0 Å². The molecule has 1 aromatic carbocycles. The molecular formula is C19H16O4S. The molecule has 0 bridgehead atoms. The van der Waals surface area contributed by atoms with Crippen molar-refractivity contribution < 1.29 is 18.7 Å². The largest absolute Gasteiger partial charge is 0.457 e. The number of carbonyl (C=O) groups excluding carboxylic acids is 2. The first-order valence-electron chi connectivity index (χ1n) is 7.46. The van der Waals surface area contributed by atoms with Gasteiger partial charge < -0.3 is 9.15 Å². The molecule has 0 atom stereocenters. The number of hydrogen-bond acceptors (Lipinski definition) is 5. The lowest BCUT2D eigenvalue weighted by Gasteiger charge is -2.04. The van der Waals surface area contributed by atoms with Crippen molar-refractivity contribution in [2.75, 3.05) is 6.61 Å². The molecule has 0 saturated heterocycles. The molecule has 0 saturated carbocycles. The number of furan rings is 1. The molecule has 0 spiro atoms. The van der Waals surface area contributed by atoms with Crippen molar-refractivity contribution in [2.45, 2.75) is 13.8 Å². The predicted octanol–water partition coefficient (Wildman–Crippen LogP) is 4.66. The Morgan fingerprint density at radius 2 is 1.88 bits per heavy atom. The van der Waals surface area contributed by atoms with E-state index in [1.807, 2.05) is 50.2 Å². The van der Waals surface area contributed by atoms with E-state index in [9.17, 15) is 9.59 Å². The lowest BCUT2D eigenvalue weighted by molar-refractivity contribution is 0.0445. The van der Waals surface area contributed by atoms with Gasteiger partial charge in [-0.2, -0.15) is 0 Å². The second kappa shape index (κ2) is 6.84. The molecule has 2 aromatic heterocycles. The van der Waals surface area contributed by atoms with E-state index in [-0.39, 0.29) is 18.2 Å². The van der Waals surface area contributed by atoms with E-state index in [2.05, 4.69) is 0 Å². The number of thiophene rings is 1. The number of hydrogen-bond donors (Lipinski definition) is 0. The molecule has 0 aliphatic carbocycles. The van der Waals surface area contributed by atoms with Crippen LogP contribution < -0.4 is 0 Å². The van der Waals surface area contributed by atoms with Crippen molar-refractivity contribution in [1.29, 1.82) is 0 Å². The molecule has 0 radical (unpaired) electrons. The van der Waals surface area contributed by atoms with Crippen LogP contribution in [-0.4, -0.2) is 18.4 Å². The number of Topliss-reactive ketones (excluding diaryl/α,β-unsaturated/α-hetero) is 1. The number of carbonyl (C=O) groups is 2. The Labute approximate surface area is 143 Å². The molecule has 122 valence electrons. The van der Waals surface area contributed by atoms with Crippen LogP contribution in [0.1, 0.15) is 30.7 Å². The van der Waals surface area contributed by atoms with Gasteiger partial charge in [0.15, 0.2) is 6.61 Å². The molecule has 24 heavy (non-hydrogen) atoms. The summed E-state index contributed by atoms with van der Waals surface area (Å²) in [6, 6.07) is 12.9. The van der Waals surface area contributed by atoms with Crippen LogP contribution in [0.3, 0.4) is 0 Å². The molecule has 2 heterocycles. The van der Waals surface area contributed by atoms with Gasteiger partial charge >= 0.3 is 5.97 Å². The van der Waals surface area contributed by atoms with Gasteiger partial charge in [-0.25, -0.2) is 4.79 Å². The first kappa shape index (κ1) is 16.2. The van der Waals surface area contributed by atoms with E-state index in [1.165, 1.54) is 6.26 Å². The summed E-state index contributed by atoms with van der Waals surface area (Å²) in [6.07, 6.45) is 1.44. The Bertz CT molecular complexity index is 874. The van der Waals surface area contributed by atoms with Crippen LogP contribution in [0, 0.1) is 13.8 Å². The maximum atomic E-state index is 12.3. The Morgan fingerprint density at radius 3 is 2.54 bits per heavy atom. The van der Waals surface area contributed by atoms with Crippen LogP contribution in [0.5, 0.6) is 0 Å². The summed E-state index contributed by atoms with van der Waals surface area (Å²) in [5.41, 5.74) is 2.11. The van der Waals surface area contributed by atoms with Gasteiger partial charge in [0.05, 0.1) is 6.26 Å². The molecule has 0 aliphatic heterocycles. The molecular weight excluding hydrogens is 324 g/mol. The third-order valence-electron chi connectivity index (χ3n) is 3.61. The quantitative estimate of drug-likeness (QED) is 0.500. The second-order valence-corrected chi connectivity index (χ2v) is 6.82. The maximum absolute atomic E-state index is 12.3. The maximum Gasteiger partial charge on any atom is 0.375 e. The summed E-state index contributed by atoms with van der Waals surface area (Å²) >= 11 is 1.55. The number of benzene rings is 1. The molecule has 0 N–H and O–H groups in total. The van der Waals surface area contributed by atoms with Gasteiger partial charge in [-0.15, -0.1) is 11.3 Å². The van der Waals surface area contributed by atoms with E-state index >= 15 is 0 Å². The van der Waals surface area contributed by atoms with Crippen LogP contribution >= 0.6 is 11.3 Å². The number of aryl methyl sites for hydroxylation is 2.